The van der Waals surface area contributed by atoms with Crippen LogP contribution in [0.3, 0.4) is 0 Å². The largest absolute Gasteiger partial charge is 0.396 e. The zero-order valence-electron chi connectivity index (χ0n) is 17.3. The van der Waals surface area contributed by atoms with Crippen LogP contribution in [0.2, 0.25) is 5.15 Å². The van der Waals surface area contributed by atoms with Crippen LogP contribution in [-0.2, 0) is 0 Å². The lowest BCUT2D eigenvalue weighted by molar-refractivity contribution is 0.00445. The van der Waals surface area contributed by atoms with Gasteiger partial charge in [-0.2, -0.15) is 9.97 Å². The maximum absolute atomic E-state index is 10.4. The van der Waals surface area contributed by atoms with E-state index in [0.29, 0.717) is 12.0 Å². The number of aromatic nitrogens is 2. The third-order valence-electron chi connectivity index (χ3n) is 5.48. The Morgan fingerprint density at radius 3 is 2.62 bits per heavy atom. The summed E-state index contributed by atoms with van der Waals surface area (Å²) < 4.78 is 0. The predicted molar refractivity (Wildman–Crippen MR) is 127 cm³/mol. The van der Waals surface area contributed by atoms with E-state index in [2.05, 4.69) is 33.2 Å². The van der Waals surface area contributed by atoms with Crippen LogP contribution in [-0.4, -0.2) is 50.1 Å². The quantitative estimate of drug-likeness (QED) is 0.293. The zero-order chi connectivity index (χ0) is 22.8. The first-order valence-corrected chi connectivity index (χ1v) is 11.3. The fourth-order valence-corrected chi connectivity index (χ4v) is 4.96. The molecule has 0 radical (unpaired) electrons. The van der Waals surface area contributed by atoms with Gasteiger partial charge in [0.15, 0.2) is 5.15 Å². The maximum atomic E-state index is 10.4. The van der Waals surface area contributed by atoms with Gasteiger partial charge in [0.1, 0.15) is 17.5 Å². The number of nitrogen functional groups attached to an aromatic ring is 1. The van der Waals surface area contributed by atoms with E-state index in [4.69, 9.17) is 17.3 Å². The fraction of sp³-hybridized carbons (Fsp3) is 0.304. The number of nitrogens with one attached hydrogen (secondary N) is 1. The summed E-state index contributed by atoms with van der Waals surface area (Å²) >= 11 is 7.92. The molecule has 1 aliphatic rings. The Morgan fingerprint density at radius 2 is 1.94 bits per heavy atom. The molecule has 1 aliphatic carbocycles. The molecule has 9 heteroatoms. The van der Waals surface area contributed by atoms with Crippen molar-refractivity contribution in [3.05, 3.63) is 56.9 Å². The average molecular weight is 471 g/mol. The van der Waals surface area contributed by atoms with E-state index in [9.17, 15) is 15.3 Å². The highest BCUT2D eigenvalue weighted by Gasteiger charge is 2.41. The third-order valence-corrected chi connectivity index (χ3v) is 6.72. The van der Waals surface area contributed by atoms with E-state index in [-0.39, 0.29) is 23.5 Å². The molecule has 6 N–H and O–H groups in total. The molecular formula is C23H23ClN4O3S. The number of hydrogen-bond acceptors (Lipinski definition) is 8. The second kappa shape index (κ2) is 9.45. The number of hydrogen-bond donors (Lipinski definition) is 5. The van der Waals surface area contributed by atoms with Crippen LogP contribution in [0.4, 0.5) is 11.8 Å². The van der Waals surface area contributed by atoms with Crippen LogP contribution in [0.1, 0.15) is 21.7 Å². The monoisotopic (exact) mass is 470 g/mol. The van der Waals surface area contributed by atoms with Crippen molar-refractivity contribution in [2.45, 2.75) is 31.6 Å². The standard InChI is InChI=1S/C23H23ClN4O3S/c1-12-9-16(13-5-3-2-4-6-13)18(32-12)8-7-15-21(24)27-23(25)28-22(15)26-17-10-14(11-29)19(30)20(17)31/h2-6,9,14,17,19-20,29-31H,10-11H2,1H3,(H3,25,26,27,28)/t14-,17-,19-,20+/m1/s1. The molecule has 2 heterocycles. The van der Waals surface area contributed by atoms with Crippen molar-refractivity contribution < 1.29 is 15.3 Å². The lowest BCUT2D eigenvalue weighted by Gasteiger charge is -2.19. The van der Waals surface area contributed by atoms with Gasteiger partial charge in [-0.1, -0.05) is 47.9 Å². The van der Waals surface area contributed by atoms with Gasteiger partial charge in [-0.25, -0.2) is 0 Å². The van der Waals surface area contributed by atoms with E-state index < -0.39 is 24.2 Å². The van der Waals surface area contributed by atoms with Crippen molar-refractivity contribution >= 4 is 34.7 Å². The summed E-state index contributed by atoms with van der Waals surface area (Å²) in [5.74, 6) is 6.06. The Morgan fingerprint density at radius 1 is 1.19 bits per heavy atom. The molecule has 2 aromatic heterocycles. The maximum Gasteiger partial charge on any atom is 0.223 e. The predicted octanol–water partition coefficient (Wildman–Crippen LogP) is 2.66. The van der Waals surface area contributed by atoms with Gasteiger partial charge in [0.05, 0.1) is 17.0 Å². The van der Waals surface area contributed by atoms with Crippen molar-refractivity contribution in [1.82, 2.24) is 9.97 Å². The molecule has 0 spiro atoms. The van der Waals surface area contributed by atoms with Gasteiger partial charge in [-0.3, -0.25) is 0 Å². The summed E-state index contributed by atoms with van der Waals surface area (Å²) in [4.78, 5) is 10.2. The second-order valence-corrected chi connectivity index (χ2v) is 9.34. The smallest absolute Gasteiger partial charge is 0.223 e. The van der Waals surface area contributed by atoms with Crippen molar-refractivity contribution in [1.29, 1.82) is 0 Å². The number of benzene rings is 1. The third kappa shape index (κ3) is 4.58. The van der Waals surface area contributed by atoms with Crippen molar-refractivity contribution in [3.8, 4) is 23.0 Å². The van der Waals surface area contributed by atoms with Gasteiger partial charge in [-0.05, 0) is 30.9 Å². The van der Waals surface area contributed by atoms with Gasteiger partial charge in [0.2, 0.25) is 5.95 Å². The minimum atomic E-state index is -1.08. The van der Waals surface area contributed by atoms with Crippen molar-refractivity contribution in [3.63, 3.8) is 0 Å². The van der Waals surface area contributed by atoms with E-state index in [1.54, 1.807) is 11.3 Å². The van der Waals surface area contributed by atoms with Gasteiger partial charge in [-0.15, -0.1) is 11.3 Å². The van der Waals surface area contributed by atoms with Gasteiger partial charge in [0, 0.05) is 23.0 Å². The van der Waals surface area contributed by atoms with E-state index in [1.807, 2.05) is 37.3 Å². The number of anilines is 2. The molecule has 7 nitrogen and oxygen atoms in total. The van der Waals surface area contributed by atoms with Crippen LogP contribution in [0.15, 0.2) is 36.4 Å². The van der Waals surface area contributed by atoms with Gasteiger partial charge in [0.25, 0.3) is 0 Å². The number of thiophene rings is 1. The Labute approximate surface area is 194 Å². The molecule has 1 aromatic carbocycles. The summed E-state index contributed by atoms with van der Waals surface area (Å²) in [6.45, 7) is 1.80. The number of nitrogens with zero attached hydrogens (tertiary/aromatic N) is 2. The number of nitrogens with two attached hydrogens (primary N) is 1. The molecule has 0 bridgehead atoms. The van der Waals surface area contributed by atoms with Crippen LogP contribution in [0.25, 0.3) is 11.1 Å². The Balaban J connectivity index is 1.69. The lowest BCUT2D eigenvalue weighted by Crippen LogP contribution is -2.35. The number of halogens is 1. The van der Waals surface area contributed by atoms with Crippen LogP contribution < -0.4 is 11.1 Å². The first-order valence-electron chi connectivity index (χ1n) is 10.1. The molecule has 0 aliphatic heterocycles. The molecular weight excluding hydrogens is 448 g/mol. The summed E-state index contributed by atoms with van der Waals surface area (Å²) in [5.41, 5.74) is 8.23. The minimum Gasteiger partial charge on any atom is -0.396 e. The van der Waals surface area contributed by atoms with Gasteiger partial charge < -0.3 is 26.4 Å². The molecule has 4 rings (SSSR count). The highest BCUT2D eigenvalue weighted by atomic mass is 35.5. The van der Waals surface area contributed by atoms with Crippen LogP contribution >= 0.6 is 22.9 Å². The number of aliphatic hydroxyl groups excluding tert-OH is 3. The molecule has 0 amide bonds. The average Bonchev–Trinajstić information content (AvgIpc) is 3.27. The molecule has 1 saturated carbocycles. The molecule has 0 unspecified atom stereocenters. The SMILES string of the molecule is Cc1cc(-c2ccccc2)c(C#Cc2c(Cl)nc(N)nc2N[C@@H]2C[C@H](CO)[C@@H](O)[C@H]2O)s1. The topological polar surface area (TPSA) is 125 Å². The van der Waals surface area contributed by atoms with Crippen molar-refractivity contribution in [2.75, 3.05) is 17.7 Å². The van der Waals surface area contributed by atoms with Crippen LogP contribution in [0.5, 0.6) is 0 Å². The van der Waals surface area contributed by atoms with Gasteiger partial charge >= 0.3 is 0 Å². The van der Waals surface area contributed by atoms with Crippen LogP contribution in [0, 0.1) is 24.7 Å². The summed E-state index contributed by atoms with van der Waals surface area (Å²) in [7, 11) is 0. The zero-order valence-corrected chi connectivity index (χ0v) is 18.9. The molecule has 0 saturated heterocycles. The first kappa shape index (κ1) is 22.5. The summed E-state index contributed by atoms with van der Waals surface area (Å²) in [5, 5.41) is 33.1. The number of aryl methyl sites for hydroxylation is 1. The molecule has 1 fully saturated rings. The van der Waals surface area contributed by atoms with Crippen molar-refractivity contribution in [2.24, 2.45) is 5.92 Å². The fourth-order valence-electron chi connectivity index (χ4n) is 3.85. The lowest BCUT2D eigenvalue weighted by atomic mass is 10.1. The highest BCUT2D eigenvalue weighted by molar-refractivity contribution is 7.13. The molecule has 4 atom stereocenters. The number of aliphatic hydroxyl groups is 3. The Hall–Kier alpha value is -2.67. The Bertz CT molecular complexity index is 1180. The van der Waals surface area contributed by atoms with E-state index in [1.165, 1.54) is 0 Å². The normalized spacial score (nSPS) is 22.4. The number of rotatable bonds is 4. The minimum absolute atomic E-state index is 0.0354. The second-order valence-electron chi connectivity index (χ2n) is 7.72. The molecule has 3 aromatic rings. The highest BCUT2D eigenvalue weighted by Crippen LogP contribution is 2.32. The molecule has 32 heavy (non-hydrogen) atoms. The van der Waals surface area contributed by atoms with E-state index >= 15 is 0 Å². The first-order chi connectivity index (χ1) is 15.4. The molecule has 166 valence electrons. The Kier molecular flexibility index (Phi) is 6.65. The summed E-state index contributed by atoms with van der Waals surface area (Å²) in [6.07, 6.45) is -1.76. The van der Waals surface area contributed by atoms with E-state index in [0.717, 1.165) is 20.9 Å². The summed E-state index contributed by atoms with van der Waals surface area (Å²) in [6, 6.07) is 11.5.